The van der Waals surface area contributed by atoms with Gasteiger partial charge in [-0.3, -0.25) is 4.79 Å². The highest BCUT2D eigenvalue weighted by Gasteiger charge is 2.19. The number of nitrogens with one attached hydrogen (secondary N) is 2. The van der Waals surface area contributed by atoms with E-state index in [1.807, 2.05) is 30.9 Å². The van der Waals surface area contributed by atoms with E-state index in [4.69, 9.17) is 0 Å². The zero-order chi connectivity index (χ0) is 16.6. The monoisotopic (exact) mass is 314 g/mol. The lowest BCUT2D eigenvalue weighted by molar-refractivity contribution is 0.164. The van der Waals surface area contributed by atoms with E-state index in [0.29, 0.717) is 0 Å². The summed E-state index contributed by atoms with van der Waals surface area (Å²) < 4.78 is 0. The smallest absolute Gasteiger partial charge is 0.321 e. The normalized spacial score (nSPS) is 15.9. The molecular formula is C17H22N4O2. The van der Waals surface area contributed by atoms with Crippen molar-refractivity contribution in [3.05, 3.63) is 39.7 Å². The molecule has 0 bridgehead atoms. The van der Waals surface area contributed by atoms with E-state index in [1.54, 1.807) is 6.07 Å². The van der Waals surface area contributed by atoms with Crippen molar-refractivity contribution in [2.24, 2.45) is 0 Å². The molecule has 0 unspecified atom stereocenters. The Bertz CT molecular complexity index is 804. The van der Waals surface area contributed by atoms with Gasteiger partial charge in [-0.1, -0.05) is 0 Å². The third-order valence-electron chi connectivity index (χ3n) is 4.43. The lowest BCUT2D eigenvalue weighted by Gasteiger charge is -2.32. The number of piperazine rings is 1. The molecule has 0 atom stereocenters. The fourth-order valence-corrected chi connectivity index (χ4v) is 2.92. The molecule has 1 aromatic heterocycles. The summed E-state index contributed by atoms with van der Waals surface area (Å²) in [4.78, 5) is 30.9. The zero-order valence-electron chi connectivity index (χ0n) is 13.8. The SMILES string of the molecule is Cc1cc2[nH]c(=O)cc(C)c2cc1NC(=O)N1CCN(C)CC1. The third kappa shape index (κ3) is 3.22. The molecule has 1 aliphatic rings. The van der Waals surface area contributed by atoms with Crippen molar-refractivity contribution in [2.75, 3.05) is 38.5 Å². The van der Waals surface area contributed by atoms with E-state index in [1.165, 1.54) is 0 Å². The number of rotatable bonds is 1. The van der Waals surface area contributed by atoms with Crippen molar-refractivity contribution in [1.29, 1.82) is 0 Å². The lowest BCUT2D eigenvalue weighted by Crippen LogP contribution is -2.48. The summed E-state index contributed by atoms with van der Waals surface area (Å²) in [7, 11) is 2.06. The van der Waals surface area contributed by atoms with Crippen LogP contribution < -0.4 is 10.9 Å². The number of H-pyrrole nitrogens is 1. The molecule has 0 aliphatic carbocycles. The standard InChI is InChI=1S/C17H22N4O2/c1-11-9-16(22)18-15-8-12(2)14(10-13(11)15)19-17(23)21-6-4-20(3)5-7-21/h8-10H,4-7H2,1-3H3,(H,18,22)(H,19,23). The van der Waals surface area contributed by atoms with E-state index >= 15 is 0 Å². The number of urea groups is 1. The Balaban J connectivity index is 1.86. The maximum atomic E-state index is 12.4. The first-order valence-electron chi connectivity index (χ1n) is 7.83. The fraction of sp³-hybridized carbons (Fsp3) is 0.412. The summed E-state index contributed by atoms with van der Waals surface area (Å²) in [5.74, 6) is 0. The number of likely N-dealkylation sites (N-methyl/N-ethyl adjacent to an activating group) is 1. The van der Waals surface area contributed by atoms with Gasteiger partial charge in [0.1, 0.15) is 0 Å². The molecule has 3 rings (SSSR count). The number of aryl methyl sites for hydroxylation is 2. The van der Waals surface area contributed by atoms with E-state index < -0.39 is 0 Å². The number of aromatic nitrogens is 1. The van der Waals surface area contributed by atoms with Gasteiger partial charge < -0.3 is 20.1 Å². The van der Waals surface area contributed by atoms with Crippen molar-refractivity contribution in [2.45, 2.75) is 13.8 Å². The Hall–Kier alpha value is -2.34. The average Bonchev–Trinajstić information content (AvgIpc) is 2.49. The Kier molecular flexibility index (Phi) is 4.09. The predicted octanol–water partition coefficient (Wildman–Crippen LogP) is 1.92. The van der Waals surface area contributed by atoms with Crippen LogP contribution in [0.1, 0.15) is 11.1 Å². The number of fused-ring (bicyclic) bond motifs is 1. The van der Waals surface area contributed by atoms with Gasteiger partial charge in [-0.05, 0) is 44.2 Å². The number of carbonyl (C=O) groups is 1. The lowest BCUT2D eigenvalue weighted by atomic mass is 10.1. The number of anilines is 1. The van der Waals surface area contributed by atoms with Crippen LogP contribution in [0.5, 0.6) is 0 Å². The van der Waals surface area contributed by atoms with Crippen molar-refractivity contribution in [1.82, 2.24) is 14.8 Å². The second-order valence-corrected chi connectivity index (χ2v) is 6.25. The highest BCUT2D eigenvalue weighted by Crippen LogP contribution is 2.24. The van der Waals surface area contributed by atoms with Gasteiger partial charge in [0.05, 0.1) is 0 Å². The molecule has 1 aromatic carbocycles. The second-order valence-electron chi connectivity index (χ2n) is 6.25. The van der Waals surface area contributed by atoms with Gasteiger partial charge in [-0.15, -0.1) is 0 Å². The highest BCUT2D eigenvalue weighted by atomic mass is 16.2. The minimum Gasteiger partial charge on any atom is -0.322 e. The van der Waals surface area contributed by atoms with E-state index in [2.05, 4.69) is 22.2 Å². The number of hydrogen-bond acceptors (Lipinski definition) is 3. The molecule has 2 aromatic rings. The predicted molar refractivity (Wildman–Crippen MR) is 92.1 cm³/mol. The van der Waals surface area contributed by atoms with Crippen molar-refractivity contribution >= 4 is 22.6 Å². The third-order valence-corrected chi connectivity index (χ3v) is 4.43. The molecule has 6 heteroatoms. The van der Waals surface area contributed by atoms with Gasteiger partial charge in [0.15, 0.2) is 0 Å². The number of benzene rings is 1. The molecule has 1 saturated heterocycles. The first-order valence-corrected chi connectivity index (χ1v) is 7.83. The van der Waals surface area contributed by atoms with Gasteiger partial charge in [0.25, 0.3) is 0 Å². The molecule has 23 heavy (non-hydrogen) atoms. The van der Waals surface area contributed by atoms with Crippen LogP contribution in [0.15, 0.2) is 23.0 Å². The Morgan fingerprint density at radius 3 is 2.48 bits per heavy atom. The van der Waals surface area contributed by atoms with Gasteiger partial charge in [0, 0.05) is 48.8 Å². The van der Waals surface area contributed by atoms with Crippen LogP contribution in [0, 0.1) is 13.8 Å². The van der Waals surface area contributed by atoms with Gasteiger partial charge in [0.2, 0.25) is 5.56 Å². The number of nitrogens with zero attached hydrogens (tertiary/aromatic N) is 2. The maximum absolute atomic E-state index is 12.4. The molecule has 6 nitrogen and oxygen atoms in total. The zero-order valence-corrected chi connectivity index (χ0v) is 13.8. The molecule has 1 fully saturated rings. The number of hydrogen-bond donors (Lipinski definition) is 2. The molecule has 1 aliphatic heterocycles. The molecule has 2 amide bonds. The van der Waals surface area contributed by atoms with Crippen LogP contribution in [0.25, 0.3) is 10.9 Å². The van der Waals surface area contributed by atoms with Gasteiger partial charge in [-0.25, -0.2) is 4.79 Å². The molecule has 122 valence electrons. The Labute approximate surface area is 135 Å². The van der Waals surface area contributed by atoms with Crippen LogP contribution in [0.2, 0.25) is 0 Å². The Morgan fingerprint density at radius 2 is 1.78 bits per heavy atom. The molecular weight excluding hydrogens is 292 g/mol. The summed E-state index contributed by atoms with van der Waals surface area (Å²) in [5.41, 5.74) is 3.31. The van der Waals surface area contributed by atoms with Crippen LogP contribution in [0.4, 0.5) is 10.5 Å². The molecule has 2 heterocycles. The number of amides is 2. The largest absolute Gasteiger partial charge is 0.322 e. The van der Waals surface area contributed by atoms with E-state index in [0.717, 1.165) is 53.9 Å². The van der Waals surface area contributed by atoms with E-state index in [9.17, 15) is 9.59 Å². The molecule has 0 radical (unpaired) electrons. The molecule has 0 saturated carbocycles. The van der Waals surface area contributed by atoms with Crippen molar-refractivity contribution in [3.8, 4) is 0 Å². The quantitative estimate of drug-likeness (QED) is 0.845. The highest BCUT2D eigenvalue weighted by molar-refractivity contribution is 5.94. The van der Waals surface area contributed by atoms with Crippen LogP contribution in [-0.4, -0.2) is 54.0 Å². The second kappa shape index (κ2) is 6.04. The van der Waals surface area contributed by atoms with Crippen molar-refractivity contribution < 1.29 is 4.79 Å². The summed E-state index contributed by atoms with van der Waals surface area (Å²) in [5, 5.41) is 3.95. The van der Waals surface area contributed by atoms with Crippen LogP contribution in [0.3, 0.4) is 0 Å². The van der Waals surface area contributed by atoms with Gasteiger partial charge in [-0.2, -0.15) is 0 Å². The molecule has 0 spiro atoms. The van der Waals surface area contributed by atoms with Crippen molar-refractivity contribution in [3.63, 3.8) is 0 Å². The first-order chi connectivity index (χ1) is 10.9. The number of carbonyl (C=O) groups excluding carboxylic acids is 1. The van der Waals surface area contributed by atoms with Gasteiger partial charge >= 0.3 is 6.03 Å². The minimum atomic E-state index is -0.108. The van der Waals surface area contributed by atoms with Crippen LogP contribution in [-0.2, 0) is 0 Å². The summed E-state index contributed by atoms with van der Waals surface area (Å²) in [6, 6.07) is 5.35. The summed E-state index contributed by atoms with van der Waals surface area (Å²) in [6.45, 7) is 7.09. The first kappa shape index (κ1) is 15.6. The summed E-state index contributed by atoms with van der Waals surface area (Å²) >= 11 is 0. The summed E-state index contributed by atoms with van der Waals surface area (Å²) in [6.07, 6.45) is 0. The maximum Gasteiger partial charge on any atom is 0.321 e. The average molecular weight is 314 g/mol. The Morgan fingerprint density at radius 1 is 1.09 bits per heavy atom. The topological polar surface area (TPSA) is 68.4 Å². The fourth-order valence-electron chi connectivity index (χ4n) is 2.92. The van der Waals surface area contributed by atoms with Crippen LogP contribution >= 0.6 is 0 Å². The minimum absolute atomic E-state index is 0.0670. The van der Waals surface area contributed by atoms with E-state index in [-0.39, 0.29) is 11.6 Å². The number of pyridine rings is 1. The number of aromatic amines is 1. The molecule has 2 N–H and O–H groups in total.